The number of ether oxygens (including phenoxy) is 1. The summed E-state index contributed by atoms with van der Waals surface area (Å²) >= 11 is 3.51. The average Bonchev–Trinajstić information content (AvgIpc) is 2.88. The van der Waals surface area contributed by atoms with Gasteiger partial charge in [0, 0.05) is 28.6 Å². The van der Waals surface area contributed by atoms with E-state index in [0.717, 1.165) is 36.0 Å². The van der Waals surface area contributed by atoms with Crippen LogP contribution in [0.3, 0.4) is 0 Å². The summed E-state index contributed by atoms with van der Waals surface area (Å²) in [5.74, 6) is 1.62. The van der Waals surface area contributed by atoms with Gasteiger partial charge in [-0.15, -0.1) is 23.5 Å². The molecule has 3 nitrogen and oxygen atoms in total. The molecule has 0 aliphatic rings. The number of para-hydroxylation sites is 2. The fourth-order valence-corrected chi connectivity index (χ4v) is 4.17. The van der Waals surface area contributed by atoms with Gasteiger partial charge in [-0.2, -0.15) is 0 Å². The summed E-state index contributed by atoms with van der Waals surface area (Å²) in [6.07, 6.45) is 4.18. The topological polar surface area (TPSA) is 33.3 Å². The van der Waals surface area contributed by atoms with Gasteiger partial charge in [-0.05, 0) is 84.3 Å². The van der Waals surface area contributed by atoms with E-state index in [1.165, 1.54) is 20.9 Å². The smallest absolute Gasteiger partial charge is 0.150 e. The van der Waals surface area contributed by atoms with Crippen molar-refractivity contribution >= 4 is 34.9 Å². The van der Waals surface area contributed by atoms with Crippen LogP contribution in [-0.4, -0.2) is 12.5 Å². The lowest BCUT2D eigenvalue weighted by Crippen LogP contribution is -2.01. The molecule has 0 spiro atoms. The largest absolute Gasteiger partial charge is 0.455 e. The lowest BCUT2D eigenvalue weighted by Gasteiger charge is -2.14. The van der Waals surface area contributed by atoms with Crippen molar-refractivity contribution in [2.75, 3.05) is 23.1 Å². The van der Waals surface area contributed by atoms with Crippen molar-refractivity contribution in [1.29, 1.82) is 0 Å². The first kappa shape index (κ1) is 23.1. The van der Waals surface area contributed by atoms with E-state index in [1.54, 1.807) is 23.5 Å². The van der Waals surface area contributed by atoms with Crippen LogP contribution in [-0.2, 0) is 13.1 Å². The molecule has 0 aliphatic heterocycles. The van der Waals surface area contributed by atoms with Gasteiger partial charge in [0.1, 0.15) is 5.75 Å². The van der Waals surface area contributed by atoms with Gasteiger partial charge in [0.15, 0.2) is 5.75 Å². The Hall–Kier alpha value is -3.02. The second kappa shape index (κ2) is 11.7. The van der Waals surface area contributed by atoms with Crippen molar-refractivity contribution in [3.63, 3.8) is 0 Å². The van der Waals surface area contributed by atoms with Crippen LogP contribution in [0.1, 0.15) is 11.1 Å². The fraction of sp³-hybridized carbons (Fsp3) is 0.143. The molecule has 0 atom stereocenters. The second-order valence-corrected chi connectivity index (χ2v) is 9.29. The molecule has 0 aliphatic carbocycles. The van der Waals surface area contributed by atoms with Gasteiger partial charge in [0.05, 0.1) is 5.69 Å². The molecule has 0 bridgehead atoms. The molecule has 4 aromatic carbocycles. The van der Waals surface area contributed by atoms with Crippen LogP contribution in [0, 0.1) is 0 Å². The zero-order chi connectivity index (χ0) is 22.9. The maximum atomic E-state index is 6.18. The molecule has 0 aromatic heterocycles. The van der Waals surface area contributed by atoms with Crippen molar-refractivity contribution in [2.24, 2.45) is 0 Å². The Labute approximate surface area is 205 Å². The highest BCUT2D eigenvalue weighted by atomic mass is 32.2. The number of rotatable bonds is 10. The minimum Gasteiger partial charge on any atom is -0.455 e. The van der Waals surface area contributed by atoms with E-state index in [9.17, 15) is 0 Å². The molecule has 33 heavy (non-hydrogen) atoms. The van der Waals surface area contributed by atoms with Crippen LogP contribution < -0.4 is 15.4 Å². The number of anilines is 2. The highest BCUT2D eigenvalue weighted by Crippen LogP contribution is 2.30. The molecule has 0 fully saturated rings. The maximum Gasteiger partial charge on any atom is 0.150 e. The predicted molar refractivity (Wildman–Crippen MR) is 144 cm³/mol. The van der Waals surface area contributed by atoms with Crippen molar-refractivity contribution < 1.29 is 4.74 Å². The molecule has 5 heteroatoms. The lowest BCUT2D eigenvalue weighted by atomic mass is 10.2. The third-order valence-electron chi connectivity index (χ3n) is 5.27. The number of hydrogen-bond acceptors (Lipinski definition) is 5. The van der Waals surface area contributed by atoms with E-state index in [0.29, 0.717) is 0 Å². The summed E-state index contributed by atoms with van der Waals surface area (Å²) in [7, 11) is 0. The summed E-state index contributed by atoms with van der Waals surface area (Å²) in [6, 6.07) is 33.4. The normalized spacial score (nSPS) is 10.6. The Balaban J connectivity index is 1.34. The zero-order valence-electron chi connectivity index (χ0n) is 18.9. The first-order chi connectivity index (χ1) is 16.2. The van der Waals surface area contributed by atoms with Gasteiger partial charge in [-0.3, -0.25) is 0 Å². The van der Waals surface area contributed by atoms with E-state index in [4.69, 9.17) is 4.74 Å². The van der Waals surface area contributed by atoms with Gasteiger partial charge in [-0.1, -0.05) is 36.4 Å². The lowest BCUT2D eigenvalue weighted by molar-refractivity contribution is 0.484. The fourth-order valence-electron chi connectivity index (χ4n) is 3.36. The predicted octanol–water partition coefficient (Wildman–Crippen LogP) is 8.15. The molecule has 168 valence electrons. The molecule has 4 aromatic rings. The van der Waals surface area contributed by atoms with E-state index >= 15 is 0 Å². The van der Waals surface area contributed by atoms with E-state index in [-0.39, 0.29) is 0 Å². The Morgan fingerprint density at radius 1 is 0.606 bits per heavy atom. The zero-order valence-corrected chi connectivity index (χ0v) is 20.5. The minimum atomic E-state index is 0.746. The van der Waals surface area contributed by atoms with Crippen LogP contribution in [0.15, 0.2) is 107 Å². The first-order valence-electron chi connectivity index (χ1n) is 10.8. The number of hydrogen-bond donors (Lipinski definition) is 2. The maximum absolute atomic E-state index is 6.18. The van der Waals surface area contributed by atoms with Crippen LogP contribution in [0.5, 0.6) is 11.5 Å². The molecular weight excluding hydrogens is 444 g/mol. The molecule has 0 saturated heterocycles. The molecule has 0 saturated carbocycles. The summed E-state index contributed by atoms with van der Waals surface area (Å²) in [6.45, 7) is 1.54. The van der Waals surface area contributed by atoms with E-state index in [1.807, 2.05) is 36.4 Å². The molecule has 2 N–H and O–H groups in total. The van der Waals surface area contributed by atoms with Gasteiger partial charge < -0.3 is 15.4 Å². The van der Waals surface area contributed by atoms with Crippen molar-refractivity contribution in [3.05, 3.63) is 108 Å². The summed E-state index contributed by atoms with van der Waals surface area (Å²) in [5.41, 5.74) is 4.54. The van der Waals surface area contributed by atoms with Crippen molar-refractivity contribution in [3.8, 4) is 11.5 Å². The van der Waals surface area contributed by atoms with Gasteiger partial charge in [0.2, 0.25) is 0 Å². The summed E-state index contributed by atoms with van der Waals surface area (Å²) < 4.78 is 6.18. The standard InChI is InChI=1S/C28H28N2OS2/c1-32-25-15-7-21(8-16-25)19-29-23-11-13-24(14-12-23)31-28-6-4-3-5-27(28)30-20-22-9-17-26(33-2)18-10-22/h3-18,29-30H,19-20H2,1-2H3. The first-order valence-corrected chi connectivity index (χ1v) is 13.3. The Morgan fingerprint density at radius 2 is 1.15 bits per heavy atom. The summed E-state index contributed by atoms with van der Waals surface area (Å²) in [5, 5.41) is 6.97. The van der Waals surface area contributed by atoms with Crippen LogP contribution in [0.25, 0.3) is 0 Å². The Kier molecular flexibility index (Phi) is 8.23. The van der Waals surface area contributed by atoms with Crippen molar-refractivity contribution in [1.82, 2.24) is 0 Å². The van der Waals surface area contributed by atoms with Gasteiger partial charge in [-0.25, -0.2) is 0 Å². The number of thioether (sulfide) groups is 2. The van der Waals surface area contributed by atoms with E-state index in [2.05, 4.69) is 83.8 Å². The SMILES string of the molecule is CSc1ccc(CNc2ccc(Oc3ccccc3NCc3ccc(SC)cc3)cc2)cc1. The molecule has 0 radical (unpaired) electrons. The van der Waals surface area contributed by atoms with Gasteiger partial charge >= 0.3 is 0 Å². The molecule has 0 unspecified atom stereocenters. The average molecular weight is 473 g/mol. The third-order valence-corrected chi connectivity index (χ3v) is 6.75. The molecular formula is C28H28N2OS2. The van der Waals surface area contributed by atoms with E-state index < -0.39 is 0 Å². The summed E-state index contributed by atoms with van der Waals surface area (Å²) in [4.78, 5) is 2.55. The highest BCUT2D eigenvalue weighted by Gasteiger charge is 2.05. The van der Waals surface area contributed by atoms with Crippen LogP contribution in [0.2, 0.25) is 0 Å². The third kappa shape index (κ3) is 6.73. The monoisotopic (exact) mass is 472 g/mol. The molecule has 4 rings (SSSR count). The number of benzene rings is 4. The van der Waals surface area contributed by atoms with Crippen molar-refractivity contribution in [2.45, 2.75) is 22.9 Å². The quantitative estimate of drug-likeness (QED) is 0.228. The van der Waals surface area contributed by atoms with Crippen LogP contribution >= 0.6 is 23.5 Å². The highest BCUT2D eigenvalue weighted by molar-refractivity contribution is 7.98. The number of nitrogens with one attached hydrogen (secondary N) is 2. The molecule has 0 amide bonds. The minimum absolute atomic E-state index is 0.746. The molecule has 0 heterocycles. The Bertz CT molecular complexity index is 1140. The second-order valence-electron chi connectivity index (χ2n) is 7.53. The Morgan fingerprint density at radius 3 is 1.73 bits per heavy atom. The van der Waals surface area contributed by atoms with Gasteiger partial charge in [0.25, 0.3) is 0 Å². The van der Waals surface area contributed by atoms with Crippen LogP contribution in [0.4, 0.5) is 11.4 Å².